The molecule has 0 bridgehead atoms. The summed E-state index contributed by atoms with van der Waals surface area (Å²) in [6.45, 7) is 2.20. The molecule has 0 saturated heterocycles. The van der Waals surface area contributed by atoms with Crippen LogP contribution < -0.4 is 0 Å². The fourth-order valence-corrected chi connectivity index (χ4v) is 3.34. The summed E-state index contributed by atoms with van der Waals surface area (Å²) in [6.07, 6.45) is 4.81. The van der Waals surface area contributed by atoms with Gasteiger partial charge in [0.25, 0.3) is 0 Å². The van der Waals surface area contributed by atoms with Crippen molar-refractivity contribution in [3.05, 3.63) is 16.9 Å². The maximum Gasteiger partial charge on any atom is 0.126 e. The zero-order valence-corrected chi connectivity index (χ0v) is 11.9. The van der Waals surface area contributed by atoms with Gasteiger partial charge in [-0.15, -0.1) is 0 Å². The Bertz CT molecular complexity index is 402. The topological polar surface area (TPSA) is 47.3 Å². The first-order chi connectivity index (χ1) is 8.50. The highest BCUT2D eigenvalue weighted by Crippen LogP contribution is 2.44. The first-order valence-corrected chi connectivity index (χ1v) is 6.78. The number of hydrogen-bond acceptors (Lipinski definition) is 3. The van der Waals surface area contributed by atoms with E-state index in [0.717, 1.165) is 19.3 Å². The minimum atomic E-state index is -0.731. The van der Waals surface area contributed by atoms with Crippen LogP contribution in [0, 0.1) is 5.92 Å². The van der Waals surface area contributed by atoms with Crippen molar-refractivity contribution in [1.29, 1.82) is 0 Å². The number of aliphatic hydroxyl groups excluding tert-OH is 1. The molecule has 0 radical (unpaired) electrons. The number of halogens is 1. The predicted molar refractivity (Wildman–Crippen MR) is 70.5 cm³/mol. The van der Waals surface area contributed by atoms with Crippen LogP contribution in [0.3, 0.4) is 0 Å². The van der Waals surface area contributed by atoms with Gasteiger partial charge in [0, 0.05) is 14.2 Å². The molecule has 1 aliphatic carbocycles. The van der Waals surface area contributed by atoms with Crippen LogP contribution in [0.4, 0.5) is 0 Å². The molecule has 102 valence electrons. The Balaban J connectivity index is 2.32. The number of aliphatic hydroxyl groups is 1. The van der Waals surface area contributed by atoms with Gasteiger partial charge in [-0.05, 0) is 18.8 Å². The van der Waals surface area contributed by atoms with E-state index in [1.54, 1.807) is 25.0 Å². The second kappa shape index (κ2) is 5.19. The van der Waals surface area contributed by atoms with Crippen LogP contribution in [0.25, 0.3) is 0 Å². The Morgan fingerprint density at radius 2 is 2.39 bits per heavy atom. The van der Waals surface area contributed by atoms with E-state index >= 15 is 0 Å². The number of aryl methyl sites for hydroxylation is 1. The van der Waals surface area contributed by atoms with Crippen molar-refractivity contribution in [2.75, 3.05) is 7.11 Å². The molecule has 1 heterocycles. The van der Waals surface area contributed by atoms with Crippen molar-refractivity contribution in [2.45, 2.75) is 44.3 Å². The maximum absolute atomic E-state index is 10.7. The smallest absolute Gasteiger partial charge is 0.126 e. The summed E-state index contributed by atoms with van der Waals surface area (Å²) < 4.78 is 7.33. The third kappa shape index (κ3) is 2.29. The van der Waals surface area contributed by atoms with Crippen molar-refractivity contribution in [2.24, 2.45) is 13.0 Å². The lowest BCUT2D eigenvalue weighted by Crippen LogP contribution is -2.43. The van der Waals surface area contributed by atoms with Crippen LogP contribution >= 0.6 is 11.6 Å². The third-order valence-electron chi connectivity index (χ3n) is 4.09. The predicted octanol–water partition coefficient (Wildman–Crippen LogP) is 2.70. The van der Waals surface area contributed by atoms with Gasteiger partial charge in [-0.1, -0.05) is 31.4 Å². The van der Waals surface area contributed by atoms with E-state index in [4.69, 9.17) is 16.3 Å². The maximum atomic E-state index is 10.7. The molecule has 0 spiro atoms. The quantitative estimate of drug-likeness (QED) is 0.920. The molecule has 4 nitrogen and oxygen atoms in total. The van der Waals surface area contributed by atoms with Gasteiger partial charge in [0.1, 0.15) is 6.10 Å². The molecular formula is C13H21ClN2O2. The molecule has 1 saturated carbocycles. The Morgan fingerprint density at radius 3 is 2.89 bits per heavy atom. The van der Waals surface area contributed by atoms with Crippen LogP contribution in [0.5, 0.6) is 0 Å². The average molecular weight is 273 g/mol. The molecular weight excluding hydrogens is 252 g/mol. The van der Waals surface area contributed by atoms with Crippen molar-refractivity contribution in [1.82, 2.24) is 9.78 Å². The normalized spacial score (nSPS) is 30.4. The van der Waals surface area contributed by atoms with Gasteiger partial charge in [0.05, 0.1) is 22.5 Å². The van der Waals surface area contributed by atoms with Crippen LogP contribution in [-0.4, -0.2) is 27.6 Å². The first-order valence-electron chi connectivity index (χ1n) is 6.41. The van der Waals surface area contributed by atoms with Crippen LogP contribution in [0.1, 0.15) is 44.4 Å². The third-order valence-corrected chi connectivity index (χ3v) is 4.38. The van der Waals surface area contributed by atoms with Crippen molar-refractivity contribution < 1.29 is 9.84 Å². The Labute approximate surface area is 113 Å². The number of methoxy groups -OCH3 is 1. The summed E-state index contributed by atoms with van der Waals surface area (Å²) in [6, 6.07) is 0. The zero-order valence-electron chi connectivity index (χ0n) is 11.2. The van der Waals surface area contributed by atoms with E-state index in [9.17, 15) is 5.11 Å². The van der Waals surface area contributed by atoms with Crippen molar-refractivity contribution in [3.63, 3.8) is 0 Å². The molecule has 0 aliphatic heterocycles. The van der Waals surface area contributed by atoms with Gasteiger partial charge in [-0.3, -0.25) is 4.68 Å². The van der Waals surface area contributed by atoms with E-state index in [2.05, 4.69) is 12.0 Å². The molecule has 2 rings (SSSR count). The second-order valence-electron chi connectivity index (χ2n) is 5.37. The lowest BCUT2D eigenvalue weighted by atomic mass is 9.75. The van der Waals surface area contributed by atoms with Crippen LogP contribution in [0.15, 0.2) is 6.20 Å². The summed E-state index contributed by atoms with van der Waals surface area (Å²) in [7, 11) is 3.46. The largest absolute Gasteiger partial charge is 0.384 e. The van der Waals surface area contributed by atoms with E-state index < -0.39 is 11.7 Å². The molecule has 1 fully saturated rings. The molecule has 5 heteroatoms. The van der Waals surface area contributed by atoms with E-state index in [1.165, 1.54) is 6.42 Å². The first kappa shape index (κ1) is 13.8. The number of aromatic nitrogens is 2. The van der Waals surface area contributed by atoms with Gasteiger partial charge < -0.3 is 9.84 Å². The minimum Gasteiger partial charge on any atom is -0.384 e. The second-order valence-corrected chi connectivity index (χ2v) is 5.78. The Hall–Kier alpha value is -0.580. The molecule has 18 heavy (non-hydrogen) atoms. The average Bonchev–Trinajstić information content (AvgIpc) is 2.68. The molecule has 0 aromatic carbocycles. The Kier molecular flexibility index (Phi) is 3.99. The molecule has 1 aliphatic rings. The minimum absolute atomic E-state index is 0.500. The molecule has 3 unspecified atom stereocenters. The zero-order chi connectivity index (χ0) is 13.3. The van der Waals surface area contributed by atoms with Crippen molar-refractivity contribution >= 4 is 11.6 Å². The van der Waals surface area contributed by atoms with Gasteiger partial charge in [-0.25, -0.2) is 0 Å². The molecule has 1 aromatic heterocycles. The fraction of sp³-hybridized carbons (Fsp3) is 0.769. The summed E-state index contributed by atoms with van der Waals surface area (Å²) in [5.74, 6) is 0.556. The van der Waals surface area contributed by atoms with Crippen LogP contribution in [-0.2, 0) is 11.8 Å². The van der Waals surface area contributed by atoms with Gasteiger partial charge in [-0.2, -0.15) is 5.10 Å². The molecule has 0 amide bonds. The fourth-order valence-electron chi connectivity index (χ4n) is 3.07. The number of nitrogens with zero attached hydrogens (tertiary/aromatic N) is 2. The van der Waals surface area contributed by atoms with Crippen molar-refractivity contribution in [3.8, 4) is 0 Å². The highest BCUT2D eigenvalue weighted by Gasteiger charge is 2.44. The van der Waals surface area contributed by atoms with E-state index in [0.29, 0.717) is 16.6 Å². The molecule has 3 atom stereocenters. The number of hydrogen-bond donors (Lipinski definition) is 1. The van der Waals surface area contributed by atoms with Crippen LogP contribution in [0.2, 0.25) is 5.02 Å². The molecule has 1 N–H and O–H groups in total. The standard InChI is InChI=1S/C13H21ClN2O2/c1-9-5-4-6-13(7-9,18-3)12(17)11-10(14)8-15-16(11)2/h8-9,12,17H,4-7H2,1-3H3. The number of ether oxygens (including phenoxy) is 1. The summed E-state index contributed by atoms with van der Waals surface area (Å²) in [4.78, 5) is 0. The summed E-state index contributed by atoms with van der Waals surface area (Å²) in [5.41, 5.74) is 0.113. The van der Waals surface area contributed by atoms with Gasteiger partial charge in [0.15, 0.2) is 0 Å². The number of rotatable bonds is 3. The van der Waals surface area contributed by atoms with Gasteiger partial charge >= 0.3 is 0 Å². The summed E-state index contributed by atoms with van der Waals surface area (Å²) >= 11 is 6.12. The Morgan fingerprint density at radius 1 is 1.67 bits per heavy atom. The van der Waals surface area contributed by atoms with Gasteiger partial charge in [0.2, 0.25) is 0 Å². The van der Waals surface area contributed by atoms with E-state index in [-0.39, 0.29) is 0 Å². The lowest BCUT2D eigenvalue weighted by Gasteiger charge is -2.42. The van der Waals surface area contributed by atoms with E-state index in [1.807, 2.05) is 0 Å². The SMILES string of the molecule is COC1(C(O)c2c(Cl)cnn2C)CCCC(C)C1. The molecule has 1 aromatic rings. The highest BCUT2D eigenvalue weighted by atomic mass is 35.5. The highest BCUT2D eigenvalue weighted by molar-refractivity contribution is 6.31. The summed E-state index contributed by atoms with van der Waals surface area (Å²) in [5, 5.41) is 15.3. The lowest BCUT2D eigenvalue weighted by molar-refractivity contribution is -0.136. The monoisotopic (exact) mass is 272 g/mol.